The third kappa shape index (κ3) is 3.08. The van der Waals surface area contributed by atoms with Gasteiger partial charge in [0.05, 0.1) is 11.9 Å². The normalized spacial score (nSPS) is 12.0. The number of rotatable bonds is 4. The van der Waals surface area contributed by atoms with E-state index in [4.69, 9.17) is 5.73 Å². The monoisotopic (exact) mass is 308 g/mol. The van der Waals surface area contributed by atoms with Gasteiger partial charge in [0.2, 0.25) is 10.0 Å². The van der Waals surface area contributed by atoms with E-state index in [1.807, 2.05) is 13.8 Å². The predicted molar refractivity (Wildman–Crippen MR) is 82.2 cm³/mol. The Morgan fingerprint density at radius 2 is 1.90 bits per heavy atom. The molecule has 0 spiro atoms. The lowest BCUT2D eigenvalue weighted by molar-refractivity contribution is 0.467. The fourth-order valence-electron chi connectivity index (χ4n) is 2.10. The van der Waals surface area contributed by atoms with Crippen molar-refractivity contribution in [3.05, 3.63) is 41.2 Å². The van der Waals surface area contributed by atoms with E-state index < -0.39 is 10.0 Å². The summed E-state index contributed by atoms with van der Waals surface area (Å²) in [5.74, 6) is 0. The minimum Gasteiger partial charge on any atom is -0.398 e. The molecule has 2 aromatic rings. The lowest BCUT2D eigenvalue weighted by atomic mass is 10.1. The number of benzene rings is 1. The molecule has 0 amide bonds. The average molecular weight is 308 g/mol. The van der Waals surface area contributed by atoms with E-state index in [2.05, 4.69) is 5.10 Å². The minimum absolute atomic E-state index is 0.150. The maximum atomic E-state index is 12.6. The van der Waals surface area contributed by atoms with Crippen LogP contribution >= 0.6 is 0 Å². The van der Waals surface area contributed by atoms with Crippen LogP contribution in [-0.4, -0.2) is 29.6 Å². The molecule has 114 valence electrons. The van der Waals surface area contributed by atoms with E-state index in [0.717, 1.165) is 16.7 Å². The highest BCUT2D eigenvalue weighted by Gasteiger charge is 2.24. The van der Waals surface area contributed by atoms with Gasteiger partial charge in [0.15, 0.2) is 0 Å². The number of nitrogen functional groups attached to an aromatic ring is 1. The molecule has 2 N–H and O–H groups in total. The third-order valence-corrected chi connectivity index (χ3v) is 5.34. The highest BCUT2D eigenvalue weighted by atomic mass is 32.2. The lowest BCUT2D eigenvalue weighted by Crippen LogP contribution is -2.27. The van der Waals surface area contributed by atoms with Crippen LogP contribution in [0.1, 0.15) is 16.7 Å². The van der Waals surface area contributed by atoms with Crippen molar-refractivity contribution in [2.24, 2.45) is 7.05 Å². The number of anilines is 1. The van der Waals surface area contributed by atoms with E-state index in [0.29, 0.717) is 0 Å². The number of hydrogen-bond acceptors (Lipinski definition) is 4. The van der Waals surface area contributed by atoms with E-state index in [-0.39, 0.29) is 17.1 Å². The number of sulfonamides is 1. The van der Waals surface area contributed by atoms with Gasteiger partial charge in [0.25, 0.3) is 0 Å². The fourth-order valence-corrected chi connectivity index (χ4v) is 3.44. The number of nitrogens with zero attached hydrogens (tertiary/aromatic N) is 3. The molecule has 0 radical (unpaired) electrons. The molecule has 0 saturated heterocycles. The van der Waals surface area contributed by atoms with Gasteiger partial charge in [-0.15, -0.1) is 0 Å². The zero-order chi connectivity index (χ0) is 15.8. The van der Waals surface area contributed by atoms with Gasteiger partial charge in [0.1, 0.15) is 4.90 Å². The third-order valence-electron chi connectivity index (χ3n) is 3.48. The molecule has 7 heteroatoms. The lowest BCUT2D eigenvalue weighted by Gasteiger charge is -2.18. The van der Waals surface area contributed by atoms with Crippen LogP contribution in [-0.2, 0) is 23.6 Å². The Morgan fingerprint density at radius 3 is 2.48 bits per heavy atom. The van der Waals surface area contributed by atoms with Crippen molar-refractivity contribution in [3.8, 4) is 0 Å². The molecule has 0 fully saturated rings. The maximum absolute atomic E-state index is 12.6. The van der Waals surface area contributed by atoms with Gasteiger partial charge in [-0.1, -0.05) is 0 Å². The van der Waals surface area contributed by atoms with Crippen LogP contribution in [0.3, 0.4) is 0 Å². The van der Waals surface area contributed by atoms with Gasteiger partial charge in [0, 0.05) is 32.4 Å². The number of hydrogen-bond donors (Lipinski definition) is 1. The van der Waals surface area contributed by atoms with Crippen molar-refractivity contribution in [2.75, 3.05) is 12.8 Å². The molecule has 21 heavy (non-hydrogen) atoms. The van der Waals surface area contributed by atoms with Crippen molar-refractivity contribution in [1.82, 2.24) is 14.1 Å². The second kappa shape index (κ2) is 5.50. The van der Waals surface area contributed by atoms with E-state index in [1.165, 1.54) is 11.4 Å². The average Bonchev–Trinajstić information content (AvgIpc) is 2.79. The molecule has 0 saturated carbocycles. The van der Waals surface area contributed by atoms with Crippen molar-refractivity contribution in [1.29, 1.82) is 0 Å². The van der Waals surface area contributed by atoms with Crippen LogP contribution in [0.25, 0.3) is 0 Å². The number of nitrogens with two attached hydrogens (primary N) is 1. The Balaban J connectivity index is 2.35. The summed E-state index contributed by atoms with van der Waals surface area (Å²) >= 11 is 0. The van der Waals surface area contributed by atoms with Crippen LogP contribution < -0.4 is 5.73 Å². The standard InChI is InChI=1S/C14H20N4O2S/c1-10-5-13(15)14(6-11(10)2)21(19,20)18(4)9-12-7-16-17(3)8-12/h5-8H,9,15H2,1-4H3. The summed E-state index contributed by atoms with van der Waals surface area (Å²) in [6.07, 6.45) is 3.44. The van der Waals surface area contributed by atoms with Crippen LogP contribution in [0.2, 0.25) is 0 Å². The molecule has 6 nitrogen and oxygen atoms in total. The first-order valence-electron chi connectivity index (χ1n) is 6.52. The summed E-state index contributed by atoms with van der Waals surface area (Å²) < 4.78 is 28.2. The van der Waals surface area contributed by atoms with Crippen molar-refractivity contribution in [3.63, 3.8) is 0 Å². The second-order valence-corrected chi connectivity index (χ2v) is 7.27. The summed E-state index contributed by atoms with van der Waals surface area (Å²) in [6, 6.07) is 3.32. The van der Waals surface area contributed by atoms with Gasteiger partial charge < -0.3 is 5.73 Å². The Bertz CT molecular complexity index is 765. The van der Waals surface area contributed by atoms with Gasteiger partial charge in [-0.3, -0.25) is 4.68 Å². The van der Waals surface area contributed by atoms with Crippen LogP contribution in [0.5, 0.6) is 0 Å². The van der Waals surface area contributed by atoms with Gasteiger partial charge in [-0.25, -0.2) is 8.42 Å². The SMILES string of the molecule is Cc1cc(N)c(S(=O)(=O)N(C)Cc2cnn(C)c2)cc1C. The minimum atomic E-state index is -3.63. The molecule has 1 aromatic carbocycles. The van der Waals surface area contributed by atoms with Crippen LogP contribution in [0, 0.1) is 13.8 Å². The number of aryl methyl sites for hydroxylation is 3. The Hall–Kier alpha value is -1.86. The first-order valence-corrected chi connectivity index (χ1v) is 7.96. The molecular weight excluding hydrogens is 288 g/mol. The fraction of sp³-hybridized carbons (Fsp3) is 0.357. The molecule has 1 heterocycles. The Morgan fingerprint density at radius 1 is 1.29 bits per heavy atom. The second-order valence-electron chi connectivity index (χ2n) is 5.26. The van der Waals surface area contributed by atoms with E-state index in [1.54, 1.807) is 36.3 Å². The van der Waals surface area contributed by atoms with Crippen molar-refractivity contribution in [2.45, 2.75) is 25.3 Å². The molecule has 1 aromatic heterocycles. The highest BCUT2D eigenvalue weighted by Crippen LogP contribution is 2.26. The van der Waals surface area contributed by atoms with Crippen LogP contribution in [0.15, 0.2) is 29.4 Å². The van der Waals surface area contributed by atoms with Crippen molar-refractivity contribution >= 4 is 15.7 Å². The first kappa shape index (κ1) is 15.5. The predicted octanol–water partition coefficient (Wildman–Crippen LogP) is 1.44. The summed E-state index contributed by atoms with van der Waals surface area (Å²) in [7, 11) is -0.297. The zero-order valence-corrected chi connectivity index (χ0v) is 13.5. The van der Waals surface area contributed by atoms with Crippen molar-refractivity contribution < 1.29 is 8.42 Å². The smallest absolute Gasteiger partial charge is 0.245 e. The Labute approximate surface area is 125 Å². The topological polar surface area (TPSA) is 81.2 Å². The molecule has 0 aliphatic carbocycles. The van der Waals surface area contributed by atoms with Gasteiger partial charge >= 0.3 is 0 Å². The maximum Gasteiger partial charge on any atom is 0.245 e. The molecule has 0 bridgehead atoms. The summed E-state index contributed by atoms with van der Waals surface area (Å²) in [5, 5.41) is 4.04. The van der Waals surface area contributed by atoms with Crippen LogP contribution in [0.4, 0.5) is 5.69 Å². The highest BCUT2D eigenvalue weighted by molar-refractivity contribution is 7.89. The molecule has 0 unspecified atom stereocenters. The number of aromatic nitrogens is 2. The summed E-state index contributed by atoms with van der Waals surface area (Å²) in [4.78, 5) is 0.150. The quantitative estimate of drug-likeness (QED) is 0.867. The molecule has 0 atom stereocenters. The molecule has 2 rings (SSSR count). The largest absolute Gasteiger partial charge is 0.398 e. The first-order chi connectivity index (χ1) is 9.71. The summed E-state index contributed by atoms with van der Waals surface area (Å²) in [6.45, 7) is 4.03. The molecule has 0 aliphatic rings. The summed E-state index contributed by atoms with van der Waals surface area (Å²) in [5.41, 5.74) is 8.86. The molecular formula is C14H20N4O2S. The van der Waals surface area contributed by atoms with E-state index >= 15 is 0 Å². The van der Waals surface area contributed by atoms with Gasteiger partial charge in [-0.05, 0) is 37.1 Å². The Kier molecular flexibility index (Phi) is 4.06. The molecule has 0 aliphatic heterocycles. The van der Waals surface area contributed by atoms with E-state index in [9.17, 15) is 8.42 Å². The van der Waals surface area contributed by atoms with Gasteiger partial charge in [-0.2, -0.15) is 9.40 Å². The zero-order valence-electron chi connectivity index (χ0n) is 12.7.